The number of fused-ring (bicyclic) bond motifs is 3. The van der Waals surface area contributed by atoms with Crippen molar-refractivity contribution >= 4 is 40.0 Å². The lowest BCUT2D eigenvalue weighted by atomic mass is 10.2. The van der Waals surface area contributed by atoms with Crippen LogP contribution in [0, 0.1) is 0 Å². The number of benzene rings is 2. The highest BCUT2D eigenvalue weighted by molar-refractivity contribution is 6.30. The Labute approximate surface area is 144 Å². The van der Waals surface area contributed by atoms with Gasteiger partial charge in [-0.05, 0) is 30.7 Å². The third-order valence-electron chi connectivity index (χ3n) is 4.02. The number of imidazole rings is 2. The van der Waals surface area contributed by atoms with E-state index >= 15 is 0 Å². The van der Waals surface area contributed by atoms with E-state index in [0.29, 0.717) is 5.88 Å². The molecule has 0 saturated heterocycles. The van der Waals surface area contributed by atoms with Crippen molar-refractivity contribution in [3.8, 4) is 11.3 Å². The number of aryl methyl sites for hydroxylation is 1. The molecule has 0 spiro atoms. The second-order valence-corrected chi connectivity index (χ2v) is 6.30. The van der Waals surface area contributed by atoms with Gasteiger partial charge in [-0.3, -0.25) is 4.40 Å². The highest BCUT2D eigenvalue weighted by Gasteiger charge is 2.14. The van der Waals surface area contributed by atoms with E-state index in [-0.39, 0.29) is 0 Å². The summed E-state index contributed by atoms with van der Waals surface area (Å²) in [5, 5.41) is 0.731. The predicted molar refractivity (Wildman–Crippen MR) is 96.5 cm³/mol. The zero-order valence-electron chi connectivity index (χ0n) is 12.4. The first-order chi connectivity index (χ1) is 11.3. The van der Waals surface area contributed by atoms with Crippen LogP contribution in [0.15, 0.2) is 54.7 Å². The Bertz CT molecular complexity index is 967. The van der Waals surface area contributed by atoms with Crippen molar-refractivity contribution in [2.75, 3.05) is 5.88 Å². The molecule has 0 saturated carbocycles. The highest BCUT2D eigenvalue weighted by atomic mass is 35.5. The summed E-state index contributed by atoms with van der Waals surface area (Å²) >= 11 is 11.9. The summed E-state index contributed by atoms with van der Waals surface area (Å²) in [7, 11) is 0. The van der Waals surface area contributed by atoms with Gasteiger partial charge < -0.3 is 4.57 Å². The predicted octanol–water partition coefficient (Wildman–Crippen LogP) is 5.24. The molecule has 0 aliphatic rings. The normalized spacial score (nSPS) is 11.6. The Morgan fingerprint density at radius 3 is 2.43 bits per heavy atom. The van der Waals surface area contributed by atoms with E-state index in [2.05, 4.69) is 39.4 Å². The molecule has 5 heteroatoms. The minimum absolute atomic E-state index is 0.642. The molecule has 2 aromatic carbocycles. The van der Waals surface area contributed by atoms with Gasteiger partial charge >= 0.3 is 0 Å². The largest absolute Gasteiger partial charge is 0.310 e. The molecule has 0 N–H and O–H groups in total. The van der Waals surface area contributed by atoms with Gasteiger partial charge in [-0.15, -0.1) is 11.6 Å². The second-order valence-electron chi connectivity index (χ2n) is 5.49. The van der Waals surface area contributed by atoms with Crippen LogP contribution in [0.4, 0.5) is 0 Å². The fourth-order valence-corrected chi connectivity index (χ4v) is 3.19. The molecule has 4 aromatic rings. The summed E-state index contributed by atoms with van der Waals surface area (Å²) in [5.41, 5.74) is 4.35. The van der Waals surface area contributed by atoms with Gasteiger partial charge in [-0.25, -0.2) is 4.98 Å². The van der Waals surface area contributed by atoms with Gasteiger partial charge in [-0.1, -0.05) is 35.9 Å². The van der Waals surface area contributed by atoms with Crippen LogP contribution in [0.2, 0.25) is 5.02 Å². The molecule has 0 fully saturated rings. The van der Waals surface area contributed by atoms with Crippen LogP contribution < -0.4 is 0 Å². The van der Waals surface area contributed by atoms with E-state index in [9.17, 15) is 0 Å². The molecule has 2 aromatic heterocycles. The minimum atomic E-state index is 0.642. The molecule has 2 heterocycles. The second kappa shape index (κ2) is 5.91. The topological polar surface area (TPSA) is 22.2 Å². The summed E-state index contributed by atoms with van der Waals surface area (Å²) in [6.07, 6.45) is 3.00. The van der Waals surface area contributed by atoms with Gasteiger partial charge in [0.1, 0.15) is 0 Å². The fourth-order valence-electron chi connectivity index (χ4n) is 2.94. The van der Waals surface area contributed by atoms with Crippen molar-refractivity contribution in [2.45, 2.75) is 13.0 Å². The molecule has 0 aliphatic heterocycles. The van der Waals surface area contributed by atoms with Crippen molar-refractivity contribution in [3.05, 3.63) is 59.8 Å². The first-order valence-corrected chi connectivity index (χ1v) is 8.47. The molecule has 0 bridgehead atoms. The number of hydrogen-bond donors (Lipinski definition) is 0. The lowest BCUT2D eigenvalue weighted by Crippen LogP contribution is -1.99. The van der Waals surface area contributed by atoms with Crippen molar-refractivity contribution in [1.82, 2.24) is 14.0 Å². The van der Waals surface area contributed by atoms with Gasteiger partial charge in [-0.2, -0.15) is 0 Å². The van der Waals surface area contributed by atoms with Gasteiger partial charge in [0.25, 0.3) is 0 Å². The Morgan fingerprint density at radius 1 is 0.957 bits per heavy atom. The average Bonchev–Trinajstić information content (AvgIpc) is 3.12. The van der Waals surface area contributed by atoms with Gasteiger partial charge in [0.15, 0.2) is 0 Å². The molecule has 0 unspecified atom stereocenters. The molecule has 0 atom stereocenters. The summed E-state index contributed by atoms with van der Waals surface area (Å²) in [6, 6.07) is 16.1. The molecule has 0 radical (unpaired) electrons. The van der Waals surface area contributed by atoms with Crippen molar-refractivity contribution in [3.63, 3.8) is 0 Å². The zero-order chi connectivity index (χ0) is 15.8. The maximum Gasteiger partial charge on any atom is 0.215 e. The number of hydrogen-bond acceptors (Lipinski definition) is 1. The maximum absolute atomic E-state index is 5.98. The third-order valence-corrected chi connectivity index (χ3v) is 4.54. The minimum Gasteiger partial charge on any atom is -0.310 e. The molecule has 0 amide bonds. The van der Waals surface area contributed by atoms with E-state index in [1.54, 1.807) is 0 Å². The zero-order valence-corrected chi connectivity index (χ0v) is 13.9. The van der Waals surface area contributed by atoms with E-state index in [0.717, 1.165) is 40.5 Å². The van der Waals surface area contributed by atoms with Crippen molar-refractivity contribution < 1.29 is 0 Å². The summed E-state index contributed by atoms with van der Waals surface area (Å²) < 4.78 is 4.38. The SMILES string of the molecule is ClCCCn1c2ccccc2n2cc(-c3ccc(Cl)cc3)nc12. The summed E-state index contributed by atoms with van der Waals surface area (Å²) in [6.45, 7) is 0.859. The van der Waals surface area contributed by atoms with Crippen molar-refractivity contribution in [2.24, 2.45) is 0 Å². The Hall–Kier alpha value is -1.97. The molecule has 23 heavy (non-hydrogen) atoms. The Balaban J connectivity index is 1.92. The summed E-state index contributed by atoms with van der Waals surface area (Å²) in [5.74, 6) is 1.59. The van der Waals surface area contributed by atoms with Crippen LogP contribution in [-0.4, -0.2) is 19.8 Å². The van der Waals surface area contributed by atoms with E-state index in [1.165, 1.54) is 5.52 Å². The number of alkyl halides is 1. The van der Waals surface area contributed by atoms with Crippen molar-refractivity contribution in [1.29, 1.82) is 0 Å². The van der Waals surface area contributed by atoms with Crippen LogP contribution in [0.1, 0.15) is 6.42 Å². The fraction of sp³-hybridized carbons (Fsp3) is 0.167. The highest BCUT2D eigenvalue weighted by Crippen LogP contribution is 2.26. The lowest BCUT2D eigenvalue weighted by molar-refractivity contribution is 0.716. The van der Waals surface area contributed by atoms with Crippen LogP contribution in [0.5, 0.6) is 0 Å². The van der Waals surface area contributed by atoms with Gasteiger partial charge in [0.05, 0.1) is 16.7 Å². The number of nitrogens with zero attached hydrogens (tertiary/aromatic N) is 3. The van der Waals surface area contributed by atoms with Crippen LogP contribution in [0.3, 0.4) is 0 Å². The number of halogens is 2. The quantitative estimate of drug-likeness (QED) is 0.464. The molecule has 4 rings (SSSR count). The Kier molecular flexibility index (Phi) is 3.76. The molecule has 3 nitrogen and oxygen atoms in total. The van der Waals surface area contributed by atoms with E-state index in [4.69, 9.17) is 28.2 Å². The number of para-hydroxylation sites is 2. The molecular weight excluding hydrogens is 329 g/mol. The van der Waals surface area contributed by atoms with Crippen LogP contribution in [0.25, 0.3) is 28.1 Å². The van der Waals surface area contributed by atoms with E-state index in [1.807, 2.05) is 24.3 Å². The van der Waals surface area contributed by atoms with E-state index < -0.39 is 0 Å². The molecule has 0 aliphatic carbocycles. The number of aromatic nitrogens is 3. The smallest absolute Gasteiger partial charge is 0.215 e. The number of rotatable bonds is 4. The first kappa shape index (κ1) is 14.6. The lowest BCUT2D eigenvalue weighted by Gasteiger charge is -2.03. The summed E-state index contributed by atoms with van der Waals surface area (Å²) in [4.78, 5) is 4.84. The van der Waals surface area contributed by atoms with Crippen LogP contribution in [-0.2, 0) is 6.54 Å². The first-order valence-electron chi connectivity index (χ1n) is 7.56. The molecular formula is C18H15Cl2N3. The standard InChI is InChI=1S/C18H15Cl2N3/c19-10-3-11-22-16-4-1-2-5-17(16)23-12-15(21-18(22)23)13-6-8-14(20)9-7-13/h1-2,4-9,12H,3,10-11H2. The monoisotopic (exact) mass is 343 g/mol. The Morgan fingerprint density at radius 2 is 1.70 bits per heavy atom. The average molecular weight is 344 g/mol. The van der Waals surface area contributed by atoms with Crippen LogP contribution >= 0.6 is 23.2 Å². The maximum atomic E-state index is 5.98. The van der Waals surface area contributed by atoms with Gasteiger partial charge in [0, 0.05) is 29.2 Å². The third kappa shape index (κ3) is 2.50. The van der Waals surface area contributed by atoms with Gasteiger partial charge in [0.2, 0.25) is 5.78 Å². The molecule has 116 valence electrons.